The van der Waals surface area contributed by atoms with E-state index in [1.165, 1.54) is 19.2 Å². The molecule has 1 atom stereocenters. The van der Waals surface area contributed by atoms with E-state index in [0.29, 0.717) is 31.7 Å². The highest BCUT2D eigenvalue weighted by molar-refractivity contribution is 7.89. The van der Waals surface area contributed by atoms with Crippen molar-refractivity contribution in [3.8, 4) is 0 Å². The Morgan fingerprint density at radius 1 is 1.41 bits per heavy atom. The Hall–Kier alpha value is -1.67. The van der Waals surface area contributed by atoms with Crippen molar-refractivity contribution in [2.24, 2.45) is 5.41 Å². The molecule has 1 spiro atoms. The van der Waals surface area contributed by atoms with Gasteiger partial charge in [0.1, 0.15) is 5.82 Å². The van der Waals surface area contributed by atoms with Crippen LogP contribution >= 0.6 is 0 Å². The average molecular weight is 327 g/mol. The summed E-state index contributed by atoms with van der Waals surface area (Å²) in [7, 11) is -2.37. The van der Waals surface area contributed by atoms with Crippen molar-refractivity contribution in [3.05, 3.63) is 24.0 Å². The third-order valence-corrected chi connectivity index (χ3v) is 5.89. The van der Waals surface area contributed by atoms with Gasteiger partial charge >= 0.3 is 0 Å². The molecule has 0 saturated carbocycles. The van der Waals surface area contributed by atoms with Gasteiger partial charge < -0.3 is 10.2 Å². The topological polar surface area (TPSA) is 78.5 Å². The van der Waals surface area contributed by atoms with Crippen LogP contribution in [0, 0.1) is 11.2 Å². The summed E-state index contributed by atoms with van der Waals surface area (Å²) in [5, 5.41) is 2.83. The monoisotopic (exact) mass is 327 g/mol. The number of anilines is 1. The Labute approximate surface area is 128 Å². The number of hydrogen-bond acceptors (Lipinski definition) is 4. The van der Waals surface area contributed by atoms with Crippen LogP contribution < -0.4 is 14.9 Å². The van der Waals surface area contributed by atoms with Crippen LogP contribution in [-0.4, -0.2) is 41.0 Å². The van der Waals surface area contributed by atoms with Crippen LogP contribution in [0.1, 0.15) is 12.8 Å². The summed E-state index contributed by atoms with van der Waals surface area (Å²) in [6.45, 7) is 1.88. The van der Waals surface area contributed by atoms with Crippen LogP contribution in [0.4, 0.5) is 10.1 Å². The minimum absolute atomic E-state index is 0.0396. The molecule has 8 heteroatoms. The predicted octanol–water partition coefficient (Wildman–Crippen LogP) is 0.450. The van der Waals surface area contributed by atoms with Crippen molar-refractivity contribution < 1.29 is 17.6 Å². The predicted molar refractivity (Wildman–Crippen MR) is 79.5 cm³/mol. The molecule has 22 heavy (non-hydrogen) atoms. The smallest absolute Gasteiger partial charge is 0.240 e. The molecular weight excluding hydrogens is 309 g/mol. The molecule has 1 amide bonds. The lowest BCUT2D eigenvalue weighted by Crippen LogP contribution is -2.29. The molecular formula is C14H18FN3O3S. The fourth-order valence-corrected chi connectivity index (χ4v) is 3.95. The number of halogens is 1. The van der Waals surface area contributed by atoms with E-state index in [1.54, 1.807) is 0 Å². The summed E-state index contributed by atoms with van der Waals surface area (Å²) in [5.41, 5.74) is 0.255. The quantitative estimate of drug-likeness (QED) is 0.845. The normalized spacial score (nSPS) is 25.0. The van der Waals surface area contributed by atoms with Crippen molar-refractivity contribution in [1.29, 1.82) is 0 Å². The number of benzene rings is 1. The van der Waals surface area contributed by atoms with Gasteiger partial charge in [-0.3, -0.25) is 4.79 Å². The molecule has 2 aliphatic rings. The highest BCUT2D eigenvalue weighted by Gasteiger charge is 2.44. The first kappa shape index (κ1) is 15.2. The molecule has 3 rings (SSSR count). The number of sulfonamides is 1. The molecule has 2 fully saturated rings. The van der Waals surface area contributed by atoms with Crippen LogP contribution in [0.15, 0.2) is 23.1 Å². The Morgan fingerprint density at radius 2 is 2.18 bits per heavy atom. The second-order valence-corrected chi connectivity index (χ2v) is 7.83. The third kappa shape index (κ3) is 2.56. The number of carbonyl (C=O) groups is 1. The van der Waals surface area contributed by atoms with E-state index in [-0.39, 0.29) is 16.2 Å². The first-order valence-electron chi connectivity index (χ1n) is 7.10. The first-order valence-corrected chi connectivity index (χ1v) is 8.58. The van der Waals surface area contributed by atoms with E-state index in [9.17, 15) is 17.6 Å². The second kappa shape index (κ2) is 5.20. The minimum Gasteiger partial charge on any atom is -0.369 e. The zero-order valence-electron chi connectivity index (χ0n) is 12.2. The molecule has 2 saturated heterocycles. The molecule has 1 unspecified atom stereocenters. The van der Waals surface area contributed by atoms with Crippen molar-refractivity contribution in [3.63, 3.8) is 0 Å². The fourth-order valence-electron chi connectivity index (χ4n) is 3.21. The van der Waals surface area contributed by atoms with E-state index in [0.717, 1.165) is 12.5 Å². The number of hydrogen-bond donors (Lipinski definition) is 2. The number of nitrogens with zero attached hydrogens (tertiary/aromatic N) is 1. The van der Waals surface area contributed by atoms with E-state index >= 15 is 0 Å². The molecule has 0 aromatic heterocycles. The maximum Gasteiger partial charge on any atom is 0.240 e. The standard InChI is InChI=1S/C14H18FN3O3S/c1-16-22(20,21)10-2-3-12(11(15)6-10)18-5-4-14(9-18)7-13(19)17-8-14/h2-3,6,16H,4-5,7-9H2,1H3,(H,17,19). The highest BCUT2D eigenvalue weighted by atomic mass is 32.2. The van der Waals surface area contributed by atoms with Crippen molar-refractivity contribution in [2.45, 2.75) is 17.7 Å². The van der Waals surface area contributed by atoms with Gasteiger partial charge in [0, 0.05) is 31.5 Å². The number of amides is 1. The van der Waals surface area contributed by atoms with Gasteiger partial charge in [0.05, 0.1) is 10.6 Å². The van der Waals surface area contributed by atoms with Crippen LogP contribution in [0.25, 0.3) is 0 Å². The number of rotatable bonds is 3. The molecule has 1 aromatic carbocycles. The van der Waals surface area contributed by atoms with E-state index in [4.69, 9.17) is 0 Å². The molecule has 1 aromatic rings. The fraction of sp³-hybridized carbons (Fsp3) is 0.500. The lowest BCUT2D eigenvalue weighted by Gasteiger charge is -2.23. The SMILES string of the molecule is CNS(=O)(=O)c1ccc(N2CCC3(CNC(=O)C3)C2)c(F)c1. The summed E-state index contributed by atoms with van der Waals surface area (Å²) in [5.74, 6) is -0.525. The lowest BCUT2D eigenvalue weighted by atomic mass is 9.86. The molecule has 6 nitrogen and oxygen atoms in total. The van der Waals surface area contributed by atoms with Crippen LogP contribution in [0.3, 0.4) is 0 Å². The van der Waals surface area contributed by atoms with Crippen LogP contribution in [-0.2, 0) is 14.8 Å². The summed E-state index contributed by atoms with van der Waals surface area (Å²) in [4.78, 5) is 13.2. The zero-order valence-corrected chi connectivity index (χ0v) is 13.0. The minimum atomic E-state index is -3.65. The van der Waals surface area contributed by atoms with Gasteiger partial charge in [-0.2, -0.15) is 0 Å². The highest BCUT2D eigenvalue weighted by Crippen LogP contribution is 2.39. The number of carbonyl (C=O) groups excluding carboxylic acids is 1. The molecule has 2 aliphatic heterocycles. The van der Waals surface area contributed by atoms with E-state index < -0.39 is 15.8 Å². The maximum atomic E-state index is 14.3. The lowest BCUT2D eigenvalue weighted by molar-refractivity contribution is -0.119. The third-order valence-electron chi connectivity index (χ3n) is 4.47. The molecule has 0 radical (unpaired) electrons. The zero-order chi connectivity index (χ0) is 16.0. The van der Waals surface area contributed by atoms with Gasteiger partial charge in [0.15, 0.2) is 0 Å². The van der Waals surface area contributed by atoms with Gasteiger partial charge in [0.2, 0.25) is 15.9 Å². The van der Waals surface area contributed by atoms with Gasteiger partial charge in [-0.15, -0.1) is 0 Å². The Kier molecular flexibility index (Phi) is 3.60. The molecule has 2 N–H and O–H groups in total. The van der Waals surface area contributed by atoms with Gasteiger partial charge in [-0.25, -0.2) is 17.5 Å². The first-order chi connectivity index (χ1) is 10.4. The van der Waals surface area contributed by atoms with E-state index in [2.05, 4.69) is 10.0 Å². The Bertz CT molecular complexity index is 722. The van der Waals surface area contributed by atoms with Gasteiger partial charge in [-0.05, 0) is 31.7 Å². The van der Waals surface area contributed by atoms with E-state index in [1.807, 2.05) is 4.90 Å². The Balaban J connectivity index is 1.83. The van der Waals surface area contributed by atoms with Crippen LogP contribution in [0.5, 0.6) is 0 Å². The summed E-state index contributed by atoms with van der Waals surface area (Å²) < 4.78 is 39.8. The molecule has 2 heterocycles. The maximum absolute atomic E-state index is 14.3. The summed E-state index contributed by atoms with van der Waals surface area (Å²) in [6.07, 6.45) is 1.29. The molecule has 120 valence electrons. The molecule has 0 bridgehead atoms. The second-order valence-electron chi connectivity index (χ2n) is 5.95. The van der Waals surface area contributed by atoms with Gasteiger partial charge in [0.25, 0.3) is 0 Å². The summed E-state index contributed by atoms with van der Waals surface area (Å²) in [6, 6.07) is 3.92. The van der Waals surface area contributed by atoms with Crippen LogP contribution in [0.2, 0.25) is 0 Å². The van der Waals surface area contributed by atoms with Crippen molar-refractivity contribution in [1.82, 2.24) is 10.0 Å². The van der Waals surface area contributed by atoms with Crippen molar-refractivity contribution >= 4 is 21.6 Å². The number of nitrogens with one attached hydrogen (secondary N) is 2. The van der Waals surface area contributed by atoms with Crippen molar-refractivity contribution in [2.75, 3.05) is 31.6 Å². The average Bonchev–Trinajstić information content (AvgIpc) is 3.05. The van der Waals surface area contributed by atoms with Gasteiger partial charge in [-0.1, -0.05) is 0 Å². The Morgan fingerprint density at radius 3 is 2.77 bits per heavy atom. The largest absolute Gasteiger partial charge is 0.369 e. The molecule has 0 aliphatic carbocycles. The summed E-state index contributed by atoms with van der Waals surface area (Å²) >= 11 is 0.